The number of carbonyl (C=O) groups excluding carboxylic acids is 2. The van der Waals surface area contributed by atoms with E-state index in [1.807, 2.05) is 0 Å². The minimum absolute atomic E-state index is 0.0360. The van der Waals surface area contributed by atoms with Gasteiger partial charge in [0.2, 0.25) is 15.9 Å². The summed E-state index contributed by atoms with van der Waals surface area (Å²) in [4.78, 5) is 26.9. The van der Waals surface area contributed by atoms with E-state index in [-0.39, 0.29) is 39.8 Å². The summed E-state index contributed by atoms with van der Waals surface area (Å²) in [5, 5.41) is 2.74. The largest absolute Gasteiger partial charge is 0.497 e. The molecule has 2 atom stereocenters. The number of likely N-dealkylation sites (N-methyl/N-ethyl adjacent to an activating group) is 1. The monoisotopic (exact) mass is 513 g/mol. The van der Waals surface area contributed by atoms with Crippen molar-refractivity contribution in [3.05, 3.63) is 54.1 Å². The second-order valence-corrected chi connectivity index (χ2v) is 13.1. The number of nitrogens with zero attached hydrogens (tertiary/aromatic N) is 2. The minimum atomic E-state index is -3.76. The molecule has 0 aromatic heterocycles. The lowest BCUT2D eigenvalue weighted by molar-refractivity contribution is -0.116. The van der Waals surface area contributed by atoms with Crippen LogP contribution in [-0.2, 0) is 14.8 Å². The van der Waals surface area contributed by atoms with Crippen LogP contribution in [-0.4, -0.2) is 62.7 Å². The number of sulfonamides is 1. The average molecular weight is 514 g/mol. The van der Waals surface area contributed by atoms with Crippen molar-refractivity contribution in [1.82, 2.24) is 9.21 Å². The molecule has 8 nitrogen and oxygen atoms in total. The van der Waals surface area contributed by atoms with Crippen LogP contribution in [0.2, 0.25) is 0 Å². The average Bonchev–Trinajstić information content (AvgIpc) is 3.07. The maximum atomic E-state index is 13.6. The molecule has 1 heterocycles. The molecule has 9 heteroatoms. The third-order valence-corrected chi connectivity index (χ3v) is 9.03. The zero-order valence-corrected chi connectivity index (χ0v) is 22.4. The van der Waals surface area contributed by atoms with Crippen molar-refractivity contribution >= 4 is 27.5 Å². The van der Waals surface area contributed by atoms with Crippen molar-refractivity contribution in [3.63, 3.8) is 0 Å². The van der Waals surface area contributed by atoms with Gasteiger partial charge in [0, 0.05) is 37.0 Å². The number of methoxy groups -OCH3 is 1. The molecule has 2 aliphatic rings. The van der Waals surface area contributed by atoms with Crippen LogP contribution in [0.1, 0.15) is 50.4 Å². The Morgan fingerprint density at radius 1 is 1.11 bits per heavy atom. The van der Waals surface area contributed by atoms with Crippen LogP contribution in [0.15, 0.2) is 53.4 Å². The van der Waals surface area contributed by atoms with E-state index < -0.39 is 15.9 Å². The van der Waals surface area contributed by atoms with Gasteiger partial charge < -0.3 is 15.0 Å². The summed E-state index contributed by atoms with van der Waals surface area (Å²) in [6, 6.07) is 13.0. The summed E-state index contributed by atoms with van der Waals surface area (Å²) in [5.74, 6) is -0.195. The summed E-state index contributed by atoms with van der Waals surface area (Å²) in [6.07, 6.45) is 2.68. The van der Waals surface area contributed by atoms with Crippen molar-refractivity contribution in [1.29, 1.82) is 0 Å². The molecule has 0 radical (unpaired) electrons. The molecule has 2 aromatic rings. The number of rotatable bonds is 7. The van der Waals surface area contributed by atoms with Gasteiger partial charge in [-0.1, -0.05) is 32.9 Å². The lowest BCUT2D eigenvalue weighted by Gasteiger charge is -2.39. The first kappa shape index (κ1) is 26.2. The molecule has 4 rings (SSSR count). The molecule has 0 unspecified atom stereocenters. The first-order valence-corrected chi connectivity index (χ1v) is 13.6. The van der Waals surface area contributed by atoms with Gasteiger partial charge in [-0.15, -0.1) is 0 Å². The minimum Gasteiger partial charge on any atom is -0.497 e. The Labute approximate surface area is 213 Å². The van der Waals surface area contributed by atoms with Crippen molar-refractivity contribution in [2.45, 2.75) is 51.0 Å². The van der Waals surface area contributed by atoms with Gasteiger partial charge in [0.25, 0.3) is 5.91 Å². The number of ether oxygens (including phenoxy) is 1. The molecule has 1 aliphatic heterocycles. The zero-order valence-electron chi connectivity index (χ0n) is 21.6. The van der Waals surface area contributed by atoms with Gasteiger partial charge in [-0.3, -0.25) is 9.59 Å². The van der Waals surface area contributed by atoms with Gasteiger partial charge in [-0.05, 0) is 60.4 Å². The van der Waals surface area contributed by atoms with Crippen LogP contribution in [0.3, 0.4) is 0 Å². The first-order chi connectivity index (χ1) is 16.8. The number of amides is 2. The second-order valence-electron chi connectivity index (χ2n) is 11.2. The molecule has 2 aromatic carbocycles. The molecule has 194 valence electrons. The highest BCUT2D eigenvalue weighted by Gasteiger charge is 2.53. The highest BCUT2D eigenvalue weighted by atomic mass is 32.2. The SMILES string of the molecule is COc1cccc(NC(=O)CN(C)C(=O)c2cccc(S(=O)(=O)N3C[C@@]4(C)C[C@@H]3CC(C)(C)C4)c2)c1. The number of hydrogen-bond acceptors (Lipinski definition) is 5. The van der Waals surface area contributed by atoms with Gasteiger partial charge in [-0.2, -0.15) is 4.31 Å². The van der Waals surface area contributed by atoms with Gasteiger partial charge >= 0.3 is 0 Å². The predicted octanol–water partition coefficient (Wildman–Crippen LogP) is 4.00. The highest BCUT2D eigenvalue weighted by Crippen LogP contribution is 2.53. The van der Waals surface area contributed by atoms with Gasteiger partial charge in [0.05, 0.1) is 18.6 Å². The number of fused-ring (bicyclic) bond motifs is 2. The summed E-state index contributed by atoms with van der Waals surface area (Å²) < 4.78 is 34.1. The van der Waals surface area contributed by atoms with E-state index in [0.717, 1.165) is 19.3 Å². The molecule has 1 aliphatic carbocycles. The number of nitrogens with one attached hydrogen (secondary N) is 1. The molecular weight excluding hydrogens is 478 g/mol. The normalized spacial score (nSPS) is 23.2. The summed E-state index contributed by atoms with van der Waals surface area (Å²) >= 11 is 0. The Morgan fingerprint density at radius 3 is 2.56 bits per heavy atom. The Hall–Kier alpha value is -2.91. The lowest BCUT2D eigenvalue weighted by Crippen LogP contribution is -2.38. The Morgan fingerprint density at radius 2 is 1.83 bits per heavy atom. The van der Waals surface area contributed by atoms with Crippen molar-refractivity contribution in [2.24, 2.45) is 10.8 Å². The van der Waals surface area contributed by atoms with Crippen LogP contribution in [0.4, 0.5) is 5.69 Å². The topological polar surface area (TPSA) is 96.0 Å². The standard InChI is InChI=1S/C27H35N3O5S/c1-26(2)14-21-15-27(3,17-26)18-30(21)36(33,34)23-11-6-8-19(12-23)25(32)29(4)16-24(31)28-20-9-7-10-22(13-20)35-5/h6-13,21H,14-18H2,1-5H3,(H,28,31)/t21-,27-/m0/s1. The van der Waals surface area contributed by atoms with E-state index in [1.165, 1.54) is 24.1 Å². The van der Waals surface area contributed by atoms with E-state index >= 15 is 0 Å². The maximum absolute atomic E-state index is 13.6. The fourth-order valence-corrected chi connectivity index (χ4v) is 7.84. The predicted molar refractivity (Wildman–Crippen MR) is 138 cm³/mol. The fourth-order valence-electron chi connectivity index (χ4n) is 6.02. The van der Waals surface area contributed by atoms with Crippen LogP contribution >= 0.6 is 0 Å². The summed E-state index contributed by atoms with van der Waals surface area (Å²) in [6.45, 7) is 6.88. The molecular formula is C27H35N3O5S. The van der Waals surface area contributed by atoms with Crippen molar-refractivity contribution < 1.29 is 22.7 Å². The van der Waals surface area contributed by atoms with Crippen LogP contribution in [0.25, 0.3) is 0 Å². The smallest absolute Gasteiger partial charge is 0.254 e. The third kappa shape index (κ3) is 5.42. The highest BCUT2D eigenvalue weighted by molar-refractivity contribution is 7.89. The number of anilines is 1. The maximum Gasteiger partial charge on any atom is 0.254 e. The van der Waals surface area contributed by atoms with Crippen LogP contribution in [0.5, 0.6) is 5.75 Å². The molecule has 2 amide bonds. The van der Waals surface area contributed by atoms with E-state index in [0.29, 0.717) is 18.0 Å². The number of hydrogen-bond donors (Lipinski definition) is 1. The summed E-state index contributed by atoms with van der Waals surface area (Å²) in [7, 11) is -0.707. The Balaban J connectivity index is 1.47. The van der Waals surface area contributed by atoms with E-state index in [9.17, 15) is 18.0 Å². The molecule has 36 heavy (non-hydrogen) atoms. The van der Waals surface area contributed by atoms with E-state index in [4.69, 9.17) is 4.74 Å². The molecule has 1 saturated carbocycles. The van der Waals surface area contributed by atoms with Crippen molar-refractivity contribution in [3.8, 4) is 5.75 Å². The molecule has 2 bridgehead atoms. The van der Waals surface area contributed by atoms with Crippen LogP contribution in [0, 0.1) is 10.8 Å². The second kappa shape index (κ2) is 9.52. The number of carbonyl (C=O) groups is 2. The third-order valence-electron chi connectivity index (χ3n) is 7.14. The first-order valence-electron chi connectivity index (χ1n) is 12.1. The van der Waals surface area contributed by atoms with Crippen LogP contribution < -0.4 is 10.1 Å². The molecule has 1 saturated heterocycles. The fraction of sp³-hybridized carbons (Fsp3) is 0.481. The Kier molecular flexibility index (Phi) is 6.92. The molecule has 2 fully saturated rings. The Bertz CT molecular complexity index is 1280. The number of benzene rings is 2. The summed E-state index contributed by atoms with van der Waals surface area (Å²) in [5.41, 5.74) is 0.833. The quantitative estimate of drug-likeness (QED) is 0.604. The van der Waals surface area contributed by atoms with Gasteiger partial charge in [-0.25, -0.2) is 8.42 Å². The lowest BCUT2D eigenvalue weighted by atomic mass is 9.65. The van der Waals surface area contributed by atoms with Gasteiger partial charge in [0.1, 0.15) is 5.75 Å². The molecule has 1 N–H and O–H groups in total. The zero-order chi connectivity index (χ0) is 26.3. The van der Waals surface area contributed by atoms with E-state index in [2.05, 4.69) is 26.1 Å². The van der Waals surface area contributed by atoms with Gasteiger partial charge in [0.15, 0.2) is 0 Å². The van der Waals surface area contributed by atoms with E-state index in [1.54, 1.807) is 47.8 Å². The van der Waals surface area contributed by atoms with Crippen molar-refractivity contribution in [2.75, 3.05) is 32.6 Å². The molecule has 0 spiro atoms.